The molecular formula is C41H59N6O10+. The number of aliphatic carboxylic acids is 1. The molecule has 1 aromatic heterocycles. The van der Waals surface area contributed by atoms with Crippen LogP contribution in [0.15, 0.2) is 47.7 Å². The maximum absolute atomic E-state index is 12.6. The number of amides is 2. The lowest BCUT2D eigenvalue weighted by molar-refractivity contribution is -0.688. The summed E-state index contributed by atoms with van der Waals surface area (Å²) >= 11 is 0. The minimum atomic E-state index is -1.88. The van der Waals surface area contributed by atoms with E-state index in [9.17, 15) is 45.2 Å². The number of aromatic nitrogens is 1. The molecule has 16 heteroatoms. The van der Waals surface area contributed by atoms with Crippen LogP contribution in [0.5, 0.6) is 5.75 Å². The normalized spacial score (nSPS) is 21.8. The van der Waals surface area contributed by atoms with E-state index >= 15 is 0 Å². The highest BCUT2D eigenvalue weighted by Crippen LogP contribution is 2.38. The second kappa shape index (κ2) is 22.4. The number of anilines is 1. The molecule has 2 aromatic rings. The van der Waals surface area contributed by atoms with Crippen LogP contribution in [0.25, 0.3) is 0 Å². The molecule has 2 amide bonds. The molecule has 0 spiro atoms. The van der Waals surface area contributed by atoms with E-state index in [1.807, 2.05) is 42.3 Å². The molecule has 2 aliphatic rings. The quantitative estimate of drug-likeness (QED) is 0.0392. The Morgan fingerprint density at radius 3 is 2.28 bits per heavy atom. The van der Waals surface area contributed by atoms with Crippen LogP contribution in [0.4, 0.5) is 5.69 Å². The van der Waals surface area contributed by atoms with Crippen LogP contribution in [-0.2, 0) is 32.1 Å². The van der Waals surface area contributed by atoms with E-state index in [0.29, 0.717) is 32.4 Å². The number of carboxylic acids is 1. The van der Waals surface area contributed by atoms with Crippen LogP contribution in [0.1, 0.15) is 94.6 Å². The van der Waals surface area contributed by atoms with Crippen molar-refractivity contribution in [3.05, 3.63) is 53.9 Å². The summed E-state index contributed by atoms with van der Waals surface area (Å²) < 4.78 is 12.9. The topological polar surface area (TPSA) is 252 Å². The predicted octanol–water partition coefficient (Wildman–Crippen LogP) is 2.18. The molecule has 0 bridgehead atoms. The van der Waals surface area contributed by atoms with Gasteiger partial charge in [-0.05, 0) is 55.9 Å². The predicted molar refractivity (Wildman–Crippen MR) is 209 cm³/mol. The Bertz CT molecular complexity index is 1690. The summed E-state index contributed by atoms with van der Waals surface area (Å²) in [6.07, 6.45) is 8.54. The molecule has 2 fully saturated rings. The Morgan fingerprint density at radius 1 is 0.982 bits per heavy atom. The summed E-state index contributed by atoms with van der Waals surface area (Å²) in [4.78, 5) is 42.6. The number of hydrogen-bond acceptors (Lipinski definition) is 12. The zero-order valence-electron chi connectivity index (χ0n) is 32.8. The Hall–Kier alpha value is -4.50. The Kier molecular flexibility index (Phi) is 17.8. The molecule has 8 N–H and O–H groups in total. The summed E-state index contributed by atoms with van der Waals surface area (Å²) in [5.41, 5.74) is 8.18. The number of carbonyl (C=O) groups excluding carboxylic acids is 2. The first kappa shape index (κ1) is 45.2. The van der Waals surface area contributed by atoms with E-state index in [4.69, 9.17) is 15.2 Å². The van der Waals surface area contributed by atoms with Crippen molar-refractivity contribution in [2.45, 2.75) is 127 Å². The largest absolute Gasteiger partial charge is 0.479 e. The maximum atomic E-state index is 12.6. The number of pyridine rings is 1. The van der Waals surface area contributed by atoms with E-state index < -0.39 is 42.6 Å². The van der Waals surface area contributed by atoms with E-state index in [0.717, 1.165) is 81.0 Å². The number of unbranched alkanes of at least 4 members (excludes halogenated alkanes) is 5. The third kappa shape index (κ3) is 13.6. The van der Waals surface area contributed by atoms with Crippen LogP contribution in [0, 0.1) is 16.9 Å². The number of benzene rings is 1. The molecule has 0 radical (unpaired) electrons. The molecule has 1 aromatic carbocycles. The van der Waals surface area contributed by atoms with Gasteiger partial charge in [-0.2, -0.15) is 10.3 Å². The van der Waals surface area contributed by atoms with Crippen molar-refractivity contribution in [2.24, 2.45) is 16.1 Å². The zero-order valence-corrected chi connectivity index (χ0v) is 32.8. The molecule has 2 heterocycles. The molecule has 0 unspecified atom stereocenters. The molecule has 1 aliphatic carbocycles. The molecule has 4 rings (SSSR count). The SMILES string of the molecule is CN(CC1(CO)CCCC1)C(=O)CCCCCCCCC(Cc1cc[n+](Cc2ccc(O[C@@H]3O[C@H](C(=O)O)[C@@H](O)[C@H](O)[C@H]3O)c(NC(=O)CCN)c2)cc1)=NC#N. The van der Waals surface area contributed by atoms with Gasteiger partial charge in [-0.25, -0.2) is 9.36 Å². The number of hydrogen-bond donors (Lipinski definition) is 7. The second-order valence-electron chi connectivity index (χ2n) is 15.3. The van der Waals surface area contributed by atoms with Gasteiger partial charge in [-0.1, -0.05) is 38.5 Å². The van der Waals surface area contributed by atoms with Crippen LogP contribution in [0.2, 0.25) is 0 Å². The minimum Gasteiger partial charge on any atom is -0.479 e. The fraction of sp³-hybridized carbons (Fsp3) is 0.610. The van der Waals surface area contributed by atoms with Gasteiger partial charge >= 0.3 is 5.97 Å². The lowest BCUT2D eigenvalue weighted by Gasteiger charge is -2.38. The molecular weight excluding hydrogens is 736 g/mol. The van der Waals surface area contributed by atoms with Crippen LogP contribution in [0.3, 0.4) is 0 Å². The van der Waals surface area contributed by atoms with Crippen molar-refractivity contribution >= 4 is 29.2 Å². The van der Waals surface area contributed by atoms with Gasteiger partial charge in [-0.3, -0.25) is 9.59 Å². The number of carboxylic acid groups (broad SMARTS) is 1. The Balaban J connectivity index is 1.24. The van der Waals surface area contributed by atoms with Crippen molar-refractivity contribution in [3.8, 4) is 11.9 Å². The van der Waals surface area contributed by atoms with Crippen molar-refractivity contribution in [1.82, 2.24) is 4.90 Å². The van der Waals surface area contributed by atoms with E-state index in [-0.39, 0.29) is 42.3 Å². The molecule has 16 nitrogen and oxygen atoms in total. The lowest BCUT2D eigenvalue weighted by atomic mass is 9.86. The number of nitrogens with two attached hydrogens (primary N) is 1. The Morgan fingerprint density at radius 2 is 1.65 bits per heavy atom. The first-order valence-electron chi connectivity index (χ1n) is 19.9. The average Bonchev–Trinajstić information content (AvgIpc) is 3.66. The van der Waals surface area contributed by atoms with Gasteiger partial charge < -0.3 is 51.0 Å². The van der Waals surface area contributed by atoms with Gasteiger partial charge in [0.05, 0.1) is 12.3 Å². The first-order valence-corrected chi connectivity index (χ1v) is 19.9. The van der Waals surface area contributed by atoms with Gasteiger partial charge in [0.2, 0.25) is 24.3 Å². The molecule has 312 valence electrons. The number of nitrogens with one attached hydrogen (secondary N) is 1. The third-order valence-corrected chi connectivity index (χ3v) is 10.8. The molecule has 1 saturated heterocycles. The van der Waals surface area contributed by atoms with E-state index in [1.54, 1.807) is 17.0 Å². The Labute approximate surface area is 333 Å². The summed E-state index contributed by atoms with van der Waals surface area (Å²) in [6.45, 7) is 1.26. The number of ether oxygens (including phenoxy) is 2. The van der Waals surface area contributed by atoms with Gasteiger partial charge in [0, 0.05) is 68.2 Å². The number of aliphatic hydroxyl groups excluding tert-OH is 4. The summed E-state index contributed by atoms with van der Waals surface area (Å²) in [5, 5.41) is 61.9. The minimum absolute atomic E-state index is 0.0149. The number of nitrogens with zero attached hydrogens (tertiary/aromatic N) is 4. The molecule has 1 aliphatic heterocycles. The van der Waals surface area contributed by atoms with Crippen LogP contribution >= 0.6 is 0 Å². The highest BCUT2D eigenvalue weighted by molar-refractivity contribution is 5.92. The van der Waals surface area contributed by atoms with Crippen molar-refractivity contribution in [2.75, 3.05) is 32.1 Å². The maximum Gasteiger partial charge on any atom is 0.335 e. The smallest absolute Gasteiger partial charge is 0.335 e. The number of aliphatic imine (C=N–C) groups is 1. The number of aliphatic hydroxyl groups is 4. The first-order chi connectivity index (χ1) is 27.4. The zero-order chi connectivity index (χ0) is 41.4. The summed E-state index contributed by atoms with van der Waals surface area (Å²) in [6, 6.07) is 8.78. The third-order valence-electron chi connectivity index (χ3n) is 10.8. The highest BCUT2D eigenvalue weighted by atomic mass is 16.7. The molecule has 1 saturated carbocycles. The van der Waals surface area contributed by atoms with E-state index in [1.165, 1.54) is 6.07 Å². The summed E-state index contributed by atoms with van der Waals surface area (Å²) in [7, 11) is 1.85. The monoisotopic (exact) mass is 795 g/mol. The fourth-order valence-corrected chi connectivity index (χ4v) is 7.49. The molecule has 57 heavy (non-hydrogen) atoms. The number of carbonyl (C=O) groups is 3. The second-order valence-corrected chi connectivity index (χ2v) is 15.3. The van der Waals surface area contributed by atoms with Crippen molar-refractivity contribution in [1.29, 1.82) is 5.26 Å². The van der Waals surface area contributed by atoms with Crippen molar-refractivity contribution < 1.29 is 54.0 Å². The van der Waals surface area contributed by atoms with Gasteiger partial charge in [-0.15, -0.1) is 0 Å². The standard InChI is InChI=1S/C41H58N6O10/c1-46(25-41(26-48)17-8-9-18-41)34(50)11-7-5-3-2-4-6-10-30(44-27-43)22-28-15-20-47(21-16-28)24-29-12-13-32(31(23-29)45-33(49)14-19-42)56-40-37(53)35(51)36(52)38(57-40)39(54)55/h12-13,15-16,20-21,23,35-38,40,48,51-53H,2-11,14,17-19,22,24-26,42H2,1H3,(H-,45,49,54,55)/p+1/t35-,36-,37+,38-,40+/m0/s1. The van der Waals surface area contributed by atoms with Crippen LogP contribution in [-0.4, -0.2) is 111 Å². The molecule has 5 atom stereocenters. The van der Waals surface area contributed by atoms with Crippen molar-refractivity contribution in [3.63, 3.8) is 0 Å². The van der Waals surface area contributed by atoms with Gasteiger partial charge in [0.25, 0.3) is 0 Å². The highest BCUT2D eigenvalue weighted by Gasteiger charge is 2.48. The van der Waals surface area contributed by atoms with Gasteiger partial charge in [0.1, 0.15) is 24.1 Å². The van der Waals surface area contributed by atoms with Crippen LogP contribution < -0.4 is 20.4 Å². The number of nitriles is 1. The fourth-order valence-electron chi connectivity index (χ4n) is 7.49. The number of rotatable bonds is 22. The van der Waals surface area contributed by atoms with Gasteiger partial charge in [0.15, 0.2) is 25.0 Å². The average molecular weight is 796 g/mol. The van der Waals surface area contributed by atoms with E-state index in [2.05, 4.69) is 10.3 Å². The summed E-state index contributed by atoms with van der Waals surface area (Å²) in [5.74, 6) is -1.77. The lowest BCUT2D eigenvalue weighted by Crippen LogP contribution is -2.61.